The van der Waals surface area contributed by atoms with Crippen molar-refractivity contribution in [3.63, 3.8) is 0 Å². The molecule has 0 spiro atoms. The van der Waals surface area contributed by atoms with Crippen molar-refractivity contribution in [1.29, 1.82) is 0 Å². The summed E-state index contributed by atoms with van der Waals surface area (Å²) in [5.74, 6) is 0. The molecule has 0 amide bonds. The Bertz CT molecular complexity index is 319. The van der Waals surface area contributed by atoms with Gasteiger partial charge in [0.05, 0.1) is 24.6 Å². The van der Waals surface area contributed by atoms with Crippen molar-refractivity contribution in [2.45, 2.75) is 6.92 Å². The van der Waals surface area contributed by atoms with Gasteiger partial charge in [-0.2, -0.15) is 0 Å². The maximum atomic E-state index is 5.97. The summed E-state index contributed by atoms with van der Waals surface area (Å²) in [7, 11) is 0. The molecule has 1 aromatic rings. The third-order valence-corrected chi connectivity index (χ3v) is 2.53. The first-order valence-corrected chi connectivity index (χ1v) is 4.96. The van der Waals surface area contributed by atoms with Gasteiger partial charge in [0.1, 0.15) is 0 Å². The molecular formula is C11H16N2O. The van der Waals surface area contributed by atoms with Crippen molar-refractivity contribution < 1.29 is 4.74 Å². The Morgan fingerprint density at radius 1 is 1.29 bits per heavy atom. The molecule has 2 rings (SSSR count). The van der Waals surface area contributed by atoms with Gasteiger partial charge in [0.25, 0.3) is 0 Å². The first-order chi connectivity index (χ1) is 6.77. The van der Waals surface area contributed by atoms with Gasteiger partial charge in [-0.15, -0.1) is 0 Å². The smallest absolute Gasteiger partial charge is 0.0642 e. The Labute approximate surface area is 84.5 Å². The third kappa shape index (κ3) is 1.82. The molecule has 0 unspecified atom stereocenters. The van der Waals surface area contributed by atoms with Crippen LogP contribution >= 0.6 is 0 Å². The second-order valence-corrected chi connectivity index (χ2v) is 3.66. The van der Waals surface area contributed by atoms with Crippen molar-refractivity contribution in [3.05, 3.63) is 23.8 Å². The molecule has 76 valence electrons. The van der Waals surface area contributed by atoms with E-state index in [1.165, 1.54) is 5.56 Å². The van der Waals surface area contributed by atoms with E-state index in [-0.39, 0.29) is 0 Å². The molecule has 0 atom stereocenters. The van der Waals surface area contributed by atoms with Gasteiger partial charge in [-0.25, -0.2) is 0 Å². The summed E-state index contributed by atoms with van der Waals surface area (Å²) >= 11 is 0. The number of anilines is 2. The minimum atomic E-state index is 0.799. The Morgan fingerprint density at radius 2 is 2.00 bits per heavy atom. The molecule has 0 bridgehead atoms. The molecular weight excluding hydrogens is 176 g/mol. The highest BCUT2D eigenvalue weighted by Crippen LogP contribution is 2.24. The summed E-state index contributed by atoms with van der Waals surface area (Å²) in [5.41, 5.74) is 9.18. The molecule has 1 fully saturated rings. The van der Waals surface area contributed by atoms with Crippen LogP contribution in [0.15, 0.2) is 18.2 Å². The zero-order valence-electron chi connectivity index (χ0n) is 8.49. The van der Waals surface area contributed by atoms with E-state index in [0.29, 0.717) is 0 Å². The second kappa shape index (κ2) is 3.88. The molecule has 0 aliphatic carbocycles. The van der Waals surface area contributed by atoms with E-state index in [9.17, 15) is 0 Å². The highest BCUT2D eigenvalue weighted by atomic mass is 16.5. The number of nitrogens with zero attached hydrogens (tertiary/aromatic N) is 1. The number of nitrogens with two attached hydrogens (primary N) is 1. The molecule has 1 aromatic carbocycles. The van der Waals surface area contributed by atoms with Gasteiger partial charge in [-0.1, -0.05) is 6.07 Å². The maximum absolute atomic E-state index is 5.97. The average Bonchev–Trinajstić information content (AvgIpc) is 2.19. The van der Waals surface area contributed by atoms with Gasteiger partial charge >= 0.3 is 0 Å². The predicted molar refractivity (Wildman–Crippen MR) is 58.6 cm³/mol. The van der Waals surface area contributed by atoms with Crippen LogP contribution in [0, 0.1) is 6.92 Å². The van der Waals surface area contributed by atoms with E-state index in [2.05, 4.69) is 24.0 Å². The summed E-state index contributed by atoms with van der Waals surface area (Å²) in [6.45, 7) is 5.53. The first kappa shape index (κ1) is 9.34. The third-order valence-electron chi connectivity index (χ3n) is 2.53. The zero-order valence-corrected chi connectivity index (χ0v) is 8.49. The number of benzene rings is 1. The lowest BCUT2D eigenvalue weighted by Crippen LogP contribution is -2.36. The SMILES string of the molecule is Cc1ccc(N2CCOCC2)c(N)c1. The number of nitrogen functional groups attached to an aromatic ring is 1. The molecule has 1 aliphatic heterocycles. The molecule has 2 N–H and O–H groups in total. The van der Waals surface area contributed by atoms with Crippen molar-refractivity contribution in [2.24, 2.45) is 0 Å². The second-order valence-electron chi connectivity index (χ2n) is 3.66. The molecule has 0 radical (unpaired) electrons. The van der Waals surface area contributed by atoms with E-state index in [1.807, 2.05) is 6.07 Å². The van der Waals surface area contributed by atoms with Gasteiger partial charge in [-0.3, -0.25) is 0 Å². The van der Waals surface area contributed by atoms with Crippen LogP contribution < -0.4 is 10.6 Å². The van der Waals surface area contributed by atoms with Crippen LogP contribution in [-0.2, 0) is 4.74 Å². The zero-order chi connectivity index (χ0) is 9.97. The molecule has 0 aromatic heterocycles. The minimum Gasteiger partial charge on any atom is -0.397 e. The fraction of sp³-hybridized carbons (Fsp3) is 0.455. The molecule has 1 saturated heterocycles. The van der Waals surface area contributed by atoms with Crippen LogP contribution in [0.4, 0.5) is 11.4 Å². The number of hydrogen-bond acceptors (Lipinski definition) is 3. The average molecular weight is 192 g/mol. The topological polar surface area (TPSA) is 38.5 Å². The minimum absolute atomic E-state index is 0.799. The molecule has 14 heavy (non-hydrogen) atoms. The van der Waals surface area contributed by atoms with Crippen LogP contribution in [0.5, 0.6) is 0 Å². The van der Waals surface area contributed by atoms with E-state index >= 15 is 0 Å². The normalized spacial score (nSPS) is 17.1. The number of hydrogen-bond donors (Lipinski definition) is 1. The fourth-order valence-electron chi connectivity index (χ4n) is 1.77. The Kier molecular flexibility index (Phi) is 2.59. The van der Waals surface area contributed by atoms with Gasteiger partial charge in [-0.05, 0) is 24.6 Å². The Balaban J connectivity index is 2.22. The quantitative estimate of drug-likeness (QED) is 0.684. The summed E-state index contributed by atoms with van der Waals surface area (Å²) in [6.07, 6.45) is 0. The highest BCUT2D eigenvalue weighted by molar-refractivity contribution is 5.68. The van der Waals surface area contributed by atoms with Crippen LogP contribution in [-0.4, -0.2) is 26.3 Å². The van der Waals surface area contributed by atoms with Crippen LogP contribution in [0.1, 0.15) is 5.56 Å². The standard InChI is InChI=1S/C11H16N2O/c1-9-2-3-11(10(12)8-9)13-4-6-14-7-5-13/h2-3,8H,4-7,12H2,1H3. The first-order valence-electron chi connectivity index (χ1n) is 4.96. The van der Waals surface area contributed by atoms with Crippen molar-refractivity contribution in [1.82, 2.24) is 0 Å². The van der Waals surface area contributed by atoms with E-state index in [0.717, 1.165) is 37.7 Å². The maximum Gasteiger partial charge on any atom is 0.0642 e. The lowest BCUT2D eigenvalue weighted by atomic mass is 10.1. The monoisotopic (exact) mass is 192 g/mol. The van der Waals surface area contributed by atoms with Crippen molar-refractivity contribution >= 4 is 11.4 Å². The van der Waals surface area contributed by atoms with E-state index in [1.54, 1.807) is 0 Å². The summed E-state index contributed by atoms with van der Waals surface area (Å²) in [5, 5.41) is 0. The molecule has 3 heteroatoms. The lowest BCUT2D eigenvalue weighted by molar-refractivity contribution is 0.123. The Hall–Kier alpha value is -1.22. The fourth-order valence-corrected chi connectivity index (χ4v) is 1.77. The van der Waals surface area contributed by atoms with E-state index < -0.39 is 0 Å². The predicted octanol–water partition coefficient (Wildman–Crippen LogP) is 1.41. The van der Waals surface area contributed by atoms with Crippen LogP contribution in [0.3, 0.4) is 0 Å². The molecule has 1 aliphatic rings. The Morgan fingerprint density at radius 3 is 2.64 bits per heavy atom. The number of aryl methyl sites for hydroxylation is 1. The van der Waals surface area contributed by atoms with Crippen LogP contribution in [0.2, 0.25) is 0 Å². The van der Waals surface area contributed by atoms with Crippen molar-refractivity contribution in [2.75, 3.05) is 36.9 Å². The van der Waals surface area contributed by atoms with Gasteiger partial charge in [0.15, 0.2) is 0 Å². The lowest BCUT2D eigenvalue weighted by Gasteiger charge is -2.29. The highest BCUT2D eigenvalue weighted by Gasteiger charge is 2.12. The van der Waals surface area contributed by atoms with Crippen LogP contribution in [0.25, 0.3) is 0 Å². The number of ether oxygens (including phenoxy) is 1. The van der Waals surface area contributed by atoms with E-state index in [4.69, 9.17) is 10.5 Å². The summed E-state index contributed by atoms with van der Waals surface area (Å²) in [6, 6.07) is 6.21. The van der Waals surface area contributed by atoms with Gasteiger partial charge in [0.2, 0.25) is 0 Å². The summed E-state index contributed by atoms with van der Waals surface area (Å²) in [4.78, 5) is 2.28. The summed E-state index contributed by atoms with van der Waals surface area (Å²) < 4.78 is 5.30. The number of rotatable bonds is 1. The largest absolute Gasteiger partial charge is 0.397 e. The molecule has 1 heterocycles. The number of morpholine rings is 1. The van der Waals surface area contributed by atoms with Gasteiger partial charge < -0.3 is 15.4 Å². The van der Waals surface area contributed by atoms with Gasteiger partial charge in [0, 0.05) is 13.1 Å². The molecule has 3 nitrogen and oxygen atoms in total. The molecule has 0 saturated carbocycles. The van der Waals surface area contributed by atoms with Crippen molar-refractivity contribution in [3.8, 4) is 0 Å².